The summed E-state index contributed by atoms with van der Waals surface area (Å²) in [7, 11) is 0. The molecule has 0 saturated heterocycles. The Morgan fingerprint density at radius 2 is 1.43 bits per heavy atom. The van der Waals surface area contributed by atoms with Crippen molar-refractivity contribution in [1.29, 1.82) is 0 Å². The first-order valence-corrected chi connectivity index (χ1v) is 6.92. The summed E-state index contributed by atoms with van der Waals surface area (Å²) in [6, 6.07) is 24.1. The monoisotopic (exact) mass is 275 g/mol. The molecule has 2 nitrogen and oxygen atoms in total. The zero-order chi connectivity index (χ0) is 14.7. The van der Waals surface area contributed by atoms with Crippen molar-refractivity contribution in [2.75, 3.05) is 5.73 Å². The van der Waals surface area contributed by atoms with E-state index in [9.17, 15) is 0 Å². The number of aryl methyl sites for hydroxylation is 1. The Bertz CT molecular complexity index is 733. The third-order valence-electron chi connectivity index (χ3n) is 3.36. The molecule has 0 heterocycles. The second-order valence-electron chi connectivity index (χ2n) is 5.03. The van der Waals surface area contributed by atoms with Gasteiger partial charge in [-0.15, -0.1) is 0 Å². The standard InChI is InChI=1S/C19H17NO/c1-14-7-12-18(20)19(13-14)21-17-10-8-16(9-11-17)15-5-3-2-4-6-15/h2-13H,20H2,1H3. The van der Waals surface area contributed by atoms with Crippen LogP contribution < -0.4 is 10.5 Å². The molecule has 104 valence electrons. The molecule has 0 amide bonds. The van der Waals surface area contributed by atoms with Gasteiger partial charge in [0.1, 0.15) is 5.75 Å². The van der Waals surface area contributed by atoms with Gasteiger partial charge < -0.3 is 10.5 Å². The number of anilines is 1. The summed E-state index contributed by atoms with van der Waals surface area (Å²) >= 11 is 0. The van der Waals surface area contributed by atoms with E-state index in [-0.39, 0.29) is 0 Å². The molecule has 3 aromatic carbocycles. The Morgan fingerprint density at radius 3 is 2.14 bits per heavy atom. The average Bonchev–Trinajstić information content (AvgIpc) is 2.53. The number of nitrogens with two attached hydrogens (primary N) is 1. The fraction of sp³-hybridized carbons (Fsp3) is 0.0526. The maximum Gasteiger partial charge on any atom is 0.150 e. The molecule has 0 unspecified atom stereocenters. The van der Waals surface area contributed by atoms with E-state index < -0.39 is 0 Å². The zero-order valence-electron chi connectivity index (χ0n) is 11.9. The molecule has 21 heavy (non-hydrogen) atoms. The quantitative estimate of drug-likeness (QED) is 0.680. The molecule has 2 heteroatoms. The summed E-state index contributed by atoms with van der Waals surface area (Å²) in [6.07, 6.45) is 0. The van der Waals surface area contributed by atoms with Crippen LogP contribution in [-0.2, 0) is 0 Å². The molecule has 0 bridgehead atoms. The maximum atomic E-state index is 5.93. The van der Waals surface area contributed by atoms with Crippen molar-refractivity contribution in [1.82, 2.24) is 0 Å². The highest BCUT2D eigenvalue weighted by Crippen LogP contribution is 2.29. The van der Waals surface area contributed by atoms with Gasteiger partial charge in [0, 0.05) is 0 Å². The Morgan fingerprint density at radius 1 is 0.762 bits per heavy atom. The number of ether oxygens (including phenoxy) is 1. The van der Waals surface area contributed by atoms with E-state index in [2.05, 4.69) is 24.3 Å². The highest BCUT2D eigenvalue weighted by atomic mass is 16.5. The topological polar surface area (TPSA) is 35.2 Å². The summed E-state index contributed by atoms with van der Waals surface area (Å²) < 4.78 is 5.86. The summed E-state index contributed by atoms with van der Waals surface area (Å²) in [6.45, 7) is 2.02. The molecule has 2 N–H and O–H groups in total. The first-order valence-electron chi connectivity index (χ1n) is 6.92. The van der Waals surface area contributed by atoms with E-state index >= 15 is 0 Å². The maximum absolute atomic E-state index is 5.93. The molecule has 3 rings (SSSR count). The van der Waals surface area contributed by atoms with Gasteiger partial charge in [-0.2, -0.15) is 0 Å². The SMILES string of the molecule is Cc1ccc(N)c(Oc2ccc(-c3ccccc3)cc2)c1. The predicted octanol–water partition coefficient (Wildman–Crippen LogP) is 5.04. The summed E-state index contributed by atoms with van der Waals surface area (Å²) in [4.78, 5) is 0. The van der Waals surface area contributed by atoms with Crippen LogP contribution >= 0.6 is 0 Å². The number of hydrogen-bond acceptors (Lipinski definition) is 2. The number of rotatable bonds is 3. The molecule has 0 fully saturated rings. The van der Waals surface area contributed by atoms with Gasteiger partial charge in [-0.25, -0.2) is 0 Å². The van der Waals surface area contributed by atoms with Crippen LogP contribution in [0.4, 0.5) is 5.69 Å². The Hall–Kier alpha value is -2.74. The van der Waals surface area contributed by atoms with Crippen molar-refractivity contribution in [2.24, 2.45) is 0 Å². The lowest BCUT2D eigenvalue weighted by atomic mass is 10.1. The van der Waals surface area contributed by atoms with Crippen molar-refractivity contribution < 1.29 is 4.74 Å². The highest BCUT2D eigenvalue weighted by Gasteiger charge is 2.03. The molecule has 0 aromatic heterocycles. The van der Waals surface area contributed by atoms with Gasteiger partial charge >= 0.3 is 0 Å². The molecule has 0 aliphatic rings. The van der Waals surface area contributed by atoms with Crippen LogP contribution in [0, 0.1) is 6.92 Å². The third-order valence-corrected chi connectivity index (χ3v) is 3.36. The summed E-state index contributed by atoms with van der Waals surface area (Å²) in [5, 5.41) is 0. The lowest BCUT2D eigenvalue weighted by molar-refractivity contribution is 0.485. The summed E-state index contributed by atoms with van der Waals surface area (Å²) in [5.74, 6) is 1.48. The van der Waals surface area contributed by atoms with Gasteiger partial charge in [0.05, 0.1) is 5.69 Å². The second-order valence-corrected chi connectivity index (χ2v) is 5.03. The molecule has 0 aliphatic heterocycles. The van der Waals surface area contributed by atoms with E-state index in [0.29, 0.717) is 11.4 Å². The first-order chi connectivity index (χ1) is 10.2. The first kappa shape index (κ1) is 13.3. The smallest absolute Gasteiger partial charge is 0.150 e. The van der Waals surface area contributed by atoms with Crippen molar-refractivity contribution in [3.05, 3.63) is 78.4 Å². The van der Waals surface area contributed by atoms with Gasteiger partial charge in [0.25, 0.3) is 0 Å². The molecule has 3 aromatic rings. The van der Waals surface area contributed by atoms with Gasteiger partial charge in [-0.3, -0.25) is 0 Å². The fourth-order valence-corrected chi connectivity index (χ4v) is 2.20. The molecule has 0 spiro atoms. The zero-order valence-corrected chi connectivity index (χ0v) is 11.9. The fourth-order valence-electron chi connectivity index (χ4n) is 2.20. The van der Waals surface area contributed by atoms with Gasteiger partial charge in [0.15, 0.2) is 5.75 Å². The molecular weight excluding hydrogens is 258 g/mol. The van der Waals surface area contributed by atoms with Crippen LogP contribution in [-0.4, -0.2) is 0 Å². The van der Waals surface area contributed by atoms with Crippen LogP contribution in [0.1, 0.15) is 5.56 Å². The van der Waals surface area contributed by atoms with Gasteiger partial charge in [-0.1, -0.05) is 48.5 Å². The third kappa shape index (κ3) is 3.06. The summed E-state index contributed by atoms with van der Waals surface area (Å²) in [5.41, 5.74) is 10.1. The lowest BCUT2D eigenvalue weighted by Crippen LogP contribution is -1.92. The van der Waals surface area contributed by atoms with E-state index in [1.54, 1.807) is 0 Å². The minimum atomic E-state index is 0.646. The Labute approximate surface area is 124 Å². The normalized spacial score (nSPS) is 10.3. The van der Waals surface area contributed by atoms with Crippen LogP contribution in [0.25, 0.3) is 11.1 Å². The average molecular weight is 275 g/mol. The lowest BCUT2D eigenvalue weighted by Gasteiger charge is -2.10. The predicted molar refractivity (Wildman–Crippen MR) is 87.5 cm³/mol. The largest absolute Gasteiger partial charge is 0.455 e. The second kappa shape index (κ2) is 5.71. The highest BCUT2D eigenvalue weighted by molar-refractivity contribution is 5.64. The Balaban J connectivity index is 1.83. The van der Waals surface area contributed by atoms with Crippen LogP contribution in [0.15, 0.2) is 72.8 Å². The number of nitrogen functional groups attached to an aromatic ring is 1. The van der Waals surface area contributed by atoms with E-state index in [0.717, 1.165) is 11.3 Å². The minimum absolute atomic E-state index is 0.646. The van der Waals surface area contributed by atoms with E-state index in [1.807, 2.05) is 55.5 Å². The van der Waals surface area contributed by atoms with Crippen LogP contribution in [0.2, 0.25) is 0 Å². The van der Waals surface area contributed by atoms with Crippen molar-refractivity contribution in [2.45, 2.75) is 6.92 Å². The molecule has 0 aliphatic carbocycles. The Kier molecular flexibility index (Phi) is 3.61. The number of hydrogen-bond donors (Lipinski definition) is 1. The molecular formula is C19H17NO. The van der Waals surface area contributed by atoms with Crippen molar-refractivity contribution in [3.63, 3.8) is 0 Å². The van der Waals surface area contributed by atoms with Gasteiger partial charge in [0.2, 0.25) is 0 Å². The van der Waals surface area contributed by atoms with Crippen LogP contribution in [0.5, 0.6) is 11.5 Å². The van der Waals surface area contributed by atoms with Crippen LogP contribution in [0.3, 0.4) is 0 Å². The van der Waals surface area contributed by atoms with Crippen molar-refractivity contribution >= 4 is 5.69 Å². The van der Waals surface area contributed by atoms with Gasteiger partial charge in [-0.05, 0) is 47.9 Å². The van der Waals surface area contributed by atoms with Crippen molar-refractivity contribution in [3.8, 4) is 22.6 Å². The van der Waals surface area contributed by atoms with E-state index in [1.165, 1.54) is 11.1 Å². The number of benzene rings is 3. The molecule has 0 atom stereocenters. The molecule has 0 radical (unpaired) electrons. The molecule has 0 saturated carbocycles. The van der Waals surface area contributed by atoms with E-state index in [4.69, 9.17) is 10.5 Å². The minimum Gasteiger partial charge on any atom is -0.455 e.